The second-order valence-electron chi connectivity index (χ2n) is 7.78. The third-order valence-electron chi connectivity index (χ3n) is 5.17. The average molecular weight is 435 g/mol. The zero-order valence-corrected chi connectivity index (χ0v) is 18.7. The standard InChI is InChI=1S/C24H34O5S/c1-2-3-4-5-6-7-8-9-10-11-12-20-13-18-24(30(26,27)28)23(19-20)29-22-16-14-21(25)15-17-22/h13-19,25H,2-12H2,1H3,(H,26,27,28). The van der Waals surface area contributed by atoms with Gasteiger partial charge in [-0.2, -0.15) is 8.42 Å². The Morgan fingerprint density at radius 3 is 1.93 bits per heavy atom. The van der Waals surface area contributed by atoms with E-state index < -0.39 is 10.1 Å². The van der Waals surface area contributed by atoms with Gasteiger partial charge in [-0.3, -0.25) is 4.55 Å². The van der Waals surface area contributed by atoms with Crippen LogP contribution in [-0.2, 0) is 16.5 Å². The molecule has 6 heteroatoms. The Morgan fingerprint density at radius 1 is 0.800 bits per heavy atom. The highest BCUT2D eigenvalue weighted by atomic mass is 32.2. The van der Waals surface area contributed by atoms with Gasteiger partial charge in [-0.1, -0.05) is 70.8 Å². The molecule has 5 nitrogen and oxygen atoms in total. The van der Waals surface area contributed by atoms with Gasteiger partial charge < -0.3 is 9.84 Å². The SMILES string of the molecule is CCCCCCCCCCCCc1ccc(S(=O)(=O)O)c(Oc2ccc(O)cc2)c1. The highest BCUT2D eigenvalue weighted by Crippen LogP contribution is 2.31. The summed E-state index contributed by atoms with van der Waals surface area (Å²) in [6, 6.07) is 10.8. The van der Waals surface area contributed by atoms with Crippen LogP contribution in [0.2, 0.25) is 0 Å². The summed E-state index contributed by atoms with van der Waals surface area (Å²) in [6.45, 7) is 2.23. The molecule has 2 rings (SSSR count). The molecule has 0 spiro atoms. The van der Waals surface area contributed by atoms with Crippen LogP contribution in [0.5, 0.6) is 17.2 Å². The van der Waals surface area contributed by atoms with E-state index in [4.69, 9.17) is 4.74 Å². The van der Waals surface area contributed by atoms with Crippen molar-refractivity contribution in [3.63, 3.8) is 0 Å². The number of aryl methyl sites for hydroxylation is 1. The third kappa shape index (κ3) is 8.76. The summed E-state index contributed by atoms with van der Waals surface area (Å²) in [4.78, 5) is -0.262. The number of aromatic hydroxyl groups is 1. The maximum Gasteiger partial charge on any atom is 0.298 e. The second-order valence-corrected chi connectivity index (χ2v) is 9.17. The molecule has 0 bridgehead atoms. The molecule has 0 aliphatic carbocycles. The van der Waals surface area contributed by atoms with Gasteiger partial charge in [0.25, 0.3) is 10.1 Å². The zero-order valence-electron chi connectivity index (χ0n) is 17.8. The van der Waals surface area contributed by atoms with Crippen molar-refractivity contribution in [2.24, 2.45) is 0 Å². The van der Waals surface area contributed by atoms with Crippen LogP contribution >= 0.6 is 0 Å². The molecule has 166 valence electrons. The highest BCUT2D eigenvalue weighted by Gasteiger charge is 2.18. The first-order valence-corrected chi connectivity index (χ1v) is 12.4. The zero-order chi connectivity index (χ0) is 21.8. The van der Waals surface area contributed by atoms with Gasteiger partial charge in [0.2, 0.25) is 0 Å². The maximum atomic E-state index is 11.7. The van der Waals surface area contributed by atoms with E-state index in [1.54, 1.807) is 12.1 Å². The lowest BCUT2D eigenvalue weighted by Gasteiger charge is -2.12. The van der Waals surface area contributed by atoms with Crippen LogP contribution in [0.3, 0.4) is 0 Å². The van der Waals surface area contributed by atoms with Gasteiger partial charge in [0.15, 0.2) is 0 Å². The summed E-state index contributed by atoms with van der Waals surface area (Å²) < 4.78 is 38.6. The van der Waals surface area contributed by atoms with Crippen molar-refractivity contribution in [3.05, 3.63) is 48.0 Å². The third-order valence-corrected chi connectivity index (χ3v) is 6.06. The monoisotopic (exact) mass is 434 g/mol. The lowest BCUT2D eigenvalue weighted by atomic mass is 10.0. The fourth-order valence-electron chi connectivity index (χ4n) is 3.46. The van der Waals surface area contributed by atoms with Crippen molar-refractivity contribution in [3.8, 4) is 17.2 Å². The molecule has 0 unspecified atom stereocenters. The molecular formula is C24H34O5S. The van der Waals surface area contributed by atoms with E-state index in [1.807, 2.05) is 0 Å². The Labute approximate surface area is 180 Å². The molecule has 30 heavy (non-hydrogen) atoms. The van der Waals surface area contributed by atoms with Gasteiger partial charge in [0, 0.05) is 0 Å². The average Bonchev–Trinajstić information content (AvgIpc) is 2.70. The van der Waals surface area contributed by atoms with Gasteiger partial charge in [-0.05, 0) is 54.8 Å². The molecule has 0 aliphatic rings. The first kappa shape index (κ1) is 24.2. The van der Waals surface area contributed by atoms with E-state index in [-0.39, 0.29) is 16.4 Å². The Balaban J connectivity index is 1.86. The minimum atomic E-state index is -4.40. The molecule has 2 aromatic rings. The van der Waals surface area contributed by atoms with Crippen molar-refractivity contribution in [2.75, 3.05) is 0 Å². The topological polar surface area (TPSA) is 83.8 Å². The lowest BCUT2D eigenvalue weighted by Crippen LogP contribution is -2.02. The van der Waals surface area contributed by atoms with E-state index in [0.717, 1.165) is 24.8 Å². The van der Waals surface area contributed by atoms with Gasteiger partial charge in [0.1, 0.15) is 22.1 Å². The van der Waals surface area contributed by atoms with Gasteiger partial charge in [0.05, 0.1) is 0 Å². The number of unbranched alkanes of at least 4 members (excludes halogenated alkanes) is 9. The van der Waals surface area contributed by atoms with E-state index >= 15 is 0 Å². The summed E-state index contributed by atoms with van der Waals surface area (Å²) in [5.41, 5.74) is 0.968. The van der Waals surface area contributed by atoms with Crippen LogP contribution in [0.25, 0.3) is 0 Å². The number of ether oxygens (including phenoxy) is 1. The molecule has 0 heterocycles. The normalized spacial score (nSPS) is 11.5. The van der Waals surface area contributed by atoms with Crippen LogP contribution in [-0.4, -0.2) is 18.1 Å². The summed E-state index contributed by atoms with van der Waals surface area (Å²) in [7, 11) is -4.40. The van der Waals surface area contributed by atoms with Gasteiger partial charge >= 0.3 is 0 Å². The van der Waals surface area contributed by atoms with Crippen LogP contribution in [0.4, 0.5) is 0 Å². The molecule has 0 radical (unpaired) electrons. The van der Waals surface area contributed by atoms with Gasteiger partial charge in [-0.25, -0.2) is 0 Å². The molecule has 0 saturated heterocycles. The summed E-state index contributed by atoms with van der Waals surface area (Å²) in [5, 5.41) is 9.38. The number of benzene rings is 2. The molecule has 0 fully saturated rings. The Hall–Kier alpha value is -2.05. The van der Waals surface area contributed by atoms with E-state index in [9.17, 15) is 18.1 Å². The number of phenols is 1. The maximum absolute atomic E-state index is 11.7. The Morgan fingerprint density at radius 2 is 1.37 bits per heavy atom. The van der Waals surface area contributed by atoms with E-state index in [0.29, 0.717) is 5.75 Å². The highest BCUT2D eigenvalue weighted by molar-refractivity contribution is 7.86. The Bertz CT molecular complexity index is 860. The number of hydrogen-bond donors (Lipinski definition) is 2. The van der Waals surface area contributed by atoms with Crippen LogP contribution < -0.4 is 4.74 Å². The smallest absolute Gasteiger partial charge is 0.298 e. The van der Waals surface area contributed by atoms with Crippen LogP contribution in [0, 0.1) is 0 Å². The lowest BCUT2D eigenvalue weighted by molar-refractivity contribution is 0.445. The van der Waals surface area contributed by atoms with Crippen molar-refractivity contribution < 1.29 is 22.8 Å². The second kappa shape index (κ2) is 12.6. The molecule has 2 aromatic carbocycles. The van der Waals surface area contributed by atoms with Crippen LogP contribution in [0.15, 0.2) is 47.4 Å². The van der Waals surface area contributed by atoms with Crippen molar-refractivity contribution in [1.82, 2.24) is 0 Å². The van der Waals surface area contributed by atoms with Crippen LogP contribution in [0.1, 0.15) is 76.7 Å². The molecule has 0 saturated carbocycles. The van der Waals surface area contributed by atoms with Crippen molar-refractivity contribution >= 4 is 10.1 Å². The first-order valence-electron chi connectivity index (χ1n) is 11.0. The molecule has 0 amide bonds. The fourth-order valence-corrected chi connectivity index (χ4v) is 4.05. The molecular weight excluding hydrogens is 400 g/mol. The largest absolute Gasteiger partial charge is 0.508 e. The van der Waals surface area contributed by atoms with Crippen molar-refractivity contribution in [1.29, 1.82) is 0 Å². The summed E-state index contributed by atoms with van der Waals surface area (Å²) in [5.74, 6) is 0.564. The molecule has 0 aliphatic heterocycles. The van der Waals surface area contributed by atoms with Crippen molar-refractivity contribution in [2.45, 2.75) is 82.4 Å². The van der Waals surface area contributed by atoms with E-state index in [2.05, 4.69) is 6.92 Å². The first-order chi connectivity index (χ1) is 14.4. The molecule has 2 N–H and O–H groups in total. The minimum absolute atomic E-state index is 0.0899. The van der Waals surface area contributed by atoms with Gasteiger partial charge in [-0.15, -0.1) is 0 Å². The molecule has 0 atom stereocenters. The molecule has 0 aromatic heterocycles. The predicted molar refractivity (Wildman–Crippen MR) is 120 cm³/mol. The quantitative estimate of drug-likeness (QED) is 0.250. The number of hydrogen-bond acceptors (Lipinski definition) is 4. The Kier molecular flexibility index (Phi) is 10.2. The predicted octanol–water partition coefficient (Wildman–Crippen LogP) is 6.89. The number of rotatable bonds is 14. The van der Waals surface area contributed by atoms with E-state index in [1.165, 1.54) is 81.7 Å². The fraction of sp³-hybridized carbons (Fsp3) is 0.500. The number of phenolic OH excluding ortho intramolecular Hbond substituents is 1. The summed E-state index contributed by atoms with van der Waals surface area (Å²) in [6.07, 6.45) is 13.4. The summed E-state index contributed by atoms with van der Waals surface area (Å²) >= 11 is 0. The minimum Gasteiger partial charge on any atom is -0.508 e.